The van der Waals surface area contributed by atoms with Gasteiger partial charge in [0.25, 0.3) is 0 Å². The van der Waals surface area contributed by atoms with E-state index in [0.717, 1.165) is 35.0 Å². The molecule has 0 amide bonds. The largest absolute Gasteiger partial charge is 0.416 e. The molecule has 5 nitrogen and oxygen atoms in total. The molecular formula is C40H27F6N5. The Morgan fingerprint density at radius 2 is 1.00 bits per heavy atom. The molecule has 0 N–H and O–H groups in total. The molecule has 0 saturated carbocycles. The number of benzene rings is 5. The first-order valence-corrected chi connectivity index (χ1v) is 15.8. The Morgan fingerprint density at radius 3 is 1.45 bits per heavy atom. The molecule has 0 atom stereocenters. The van der Waals surface area contributed by atoms with Gasteiger partial charge in [-0.2, -0.15) is 31.6 Å². The van der Waals surface area contributed by atoms with Crippen LogP contribution in [0, 0.1) is 39.0 Å². The molecule has 0 fully saturated rings. The Labute approximate surface area is 288 Å². The summed E-state index contributed by atoms with van der Waals surface area (Å²) >= 11 is 0. The van der Waals surface area contributed by atoms with E-state index in [4.69, 9.17) is 0 Å². The fourth-order valence-electron chi connectivity index (χ4n) is 6.56. The molecule has 0 aliphatic carbocycles. The third-order valence-corrected chi connectivity index (χ3v) is 8.72. The van der Waals surface area contributed by atoms with E-state index < -0.39 is 23.5 Å². The van der Waals surface area contributed by atoms with Gasteiger partial charge in [0.2, 0.25) is 0 Å². The van der Waals surface area contributed by atoms with Gasteiger partial charge in [-0.1, -0.05) is 36.4 Å². The minimum atomic E-state index is -4.55. The van der Waals surface area contributed by atoms with Gasteiger partial charge in [0.1, 0.15) is 17.7 Å². The topological polar surface area (TPSA) is 67.4 Å². The molecule has 5 aromatic carbocycles. The molecule has 2 aromatic heterocycles. The lowest BCUT2D eigenvalue weighted by atomic mass is 9.98. The zero-order chi connectivity index (χ0) is 36.4. The number of aryl methyl sites for hydroxylation is 4. The summed E-state index contributed by atoms with van der Waals surface area (Å²) in [4.78, 5) is 13.2. The number of fused-ring (bicyclic) bond motifs is 3. The third kappa shape index (κ3) is 6.29. The van der Waals surface area contributed by atoms with Gasteiger partial charge in [0.15, 0.2) is 5.82 Å². The van der Waals surface area contributed by atoms with Crippen molar-refractivity contribution in [1.29, 1.82) is 5.26 Å². The van der Waals surface area contributed by atoms with E-state index in [9.17, 15) is 31.6 Å². The first-order valence-electron chi connectivity index (χ1n) is 15.8. The van der Waals surface area contributed by atoms with Crippen molar-refractivity contribution in [3.05, 3.63) is 130 Å². The van der Waals surface area contributed by atoms with Gasteiger partial charge in [0.05, 0.1) is 33.4 Å². The molecule has 7 rings (SSSR count). The van der Waals surface area contributed by atoms with Crippen LogP contribution < -0.4 is 0 Å². The zero-order valence-electron chi connectivity index (χ0n) is 27.7. The average Bonchev–Trinajstić information content (AvgIpc) is 3.39. The van der Waals surface area contributed by atoms with Crippen LogP contribution in [-0.2, 0) is 12.4 Å². The molecule has 2 heterocycles. The highest BCUT2D eigenvalue weighted by Crippen LogP contribution is 2.41. The first-order chi connectivity index (χ1) is 24.1. The molecule has 254 valence electrons. The minimum absolute atomic E-state index is 0.278. The summed E-state index contributed by atoms with van der Waals surface area (Å²) in [7, 11) is 0. The van der Waals surface area contributed by atoms with Gasteiger partial charge in [-0.25, -0.2) is 15.0 Å². The summed E-state index contributed by atoms with van der Waals surface area (Å²) in [5.74, 6) is 1.39. The van der Waals surface area contributed by atoms with Crippen LogP contribution in [0.1, 0.15) is 39.5 Å². The van der Waals surface area contributed by atoms with Gasteiger partial charge < -0.3 is 4.57 Å². The van der Waals surface area contributed by atoms with Crippen molar-refractivity contribution in [1.82, 2.24) is 19.5 Å². The Morgan fingerprint density at radius 1 is 0.529 bits per heavy atom. The number of rotatable bonds is 4. The van der Waals surface area contributed by atoms with Crippen LogP contribution in [0.5, 0.6) is 0 Å². The number of aromatic nitrogens is 4. The second kappa shape index (κ2) is 12.1. The van der Waals surface area contributed by atoms with Gasteiger partial charge in [-0.05, 0) is 116 Å². The lowest BCUT2D eigenvalue weighted by molar-refractivity contribution is -0.138. The number of alkyl halides is 6. The number of nitriles is 1. The SMILES string of the molecule is Cc1cc(-c2ccc3c4ccc(-c5cc(C)cc(C(F)(F)F)c5)cc4n(-c4cc(-c5nc(C)nc(C)n5)ccc4C#N)c3c2)cc(C(F)(F)F)c1. The molecule has 7 aromatic rings. The van der Waals surface area contributed by atoms with Crippen molar-refractivity contribution >= 4 is 21.8 Å². The lowest BCUT2D eigenvalue weighted by Crippen LogP contribution is -2.05. The van der Waals surface area contributed by atoms with Crippen LogP contribution >= 0.6 is 0 Å². The van der Waals surface area contributed by atoms with Crippen LogP contribution in [-0.4, -0.2) is 19.5 Å². The fraction of sp³-hybridized carbons (Fsp3) is 0.150. The maximum atomic E-state index is 13.8. The van der Waals surface area contributed by atoms with Crippen LogP contribution in [0.15, 0.2) is 91.0 Å². The van der Waals surface area contributed by atoms with E-state index in [1.54, 1.807) is 82.3 Å². The Bertz CT molecular complexity index is 2430. The normalized spacial score (nSPS) is 12.1. The Hall–Kier alpha value is -6.02. The standard InChI is InChI=1S/C40H27F6N5/c1-21-11-29(15-31(13-21)39(41,42)43)25-7-9-33-34-10-8-26(30-12-22(2)14-32(16-30)40(44,45)46)18-37(34)51(36(33)17-25)35-19-27(5-6-28(35)20-47)38-49-23(3)48-24(4)50-38/h5-19H,1-4H3. The predicted molar refractivity (Wildman–Crippen MR) is 184 cm³/mol. The number of nitrogens with zero attached hydrogens (tertiary/aromatic N) is 5. The Balaban J connectivity index is 1.55. The summed E-state index contributed by atoms with van der Waals surface area (Å²) < 4.78 is 84.8. The Kier molecular flexibility index (Phi) is 7.93. The molecule has 51 heavy (non-hydrogen) atoms. The van der Waals surface area contributed by atoms with Crippen LogP contribution in [0.4, 0.5) is 26.3 Å². The quantitative estimate of drug-likeness (QED) is 0.172. The molecule has 0 radical (unpaired) electrons. The van der Waals surface area contributed by atoms with Gasteiger partial charge in [-0.3, -0.25) is 0 Å². The number of hydrogen-bond acceptors (Lipinski definition) is 4. The highest BCUT2D eigenvalue weighted by molar-refractivity contribution is 6.11. The second-order valence-corrected chi connectivity index (χ2v) is 12.6. The molecular weight excluding hydrogens is 664 g/mol. The molecule has 0 saturated heterocycles. The molecule has 0 aliphatic rings. The molecule has 0 aliphatic heterocycles. The summed E-state index contributed by atoms with van der Waals surface area (Å²) in [5, 5.41) is 11.8. The summed E-state index contributed by atoms with van der Waals surface area (Å²) in [6.07, 6.45) is -9.10. The predicted octanol–water partition coefficient (Wildman–Crippen LogP) is 11.1. The van der Waals surface area contributed by atoms with E-state index >= 15 is 0 Å². The molecule has 0 bridgehead atoms. The molecule has 11 heteroatoms. The van der Waals surface area contributed by atoms with Gasteiger partial charge in [0, 0.05) is 16.3 Å². The number of halogens is 6. The maximum Gasteiger partial charge on any atom is 0.416 e. The van der Waals surface area contributed by atoms with Gasteiger partial charge >= 0.3 is 12.4 Å². The van der Waals surface area contributed by atoms with Gasteiger partial charge in [-0.15, -0.1) is 0 Å². The monoisotopic (exact) mass is 691 g/mol. The maximum absolute atomic E-state index is 13.8. The minimum Gasteiger partial charge on any atom is -0.308 e. The van der Waals surface area contributed by atoms with E-state index in [-0.39, 0.29) is 5.56 Å². The van der Waals surface area contributed by atoms with Crippen LogP contribution in [0.3, 0.4) is 0 Å². The highest BCUT2D eigenvalue weighted by atomic mass is 19.4. The van der Waals surface area contributed by atoms with E-state index in [1.807, 2.05) is 16.7 Å². The van der Waals surface area contributed by atoms with E-state index in [0.29, 0.717) is 73.1 Å². The van der Waals surface area contributed by atoms with Crippen LogP contribution in [0.25, 0.3) is 61.1 Å². The third-order valence-electron chi connectivity index (χ3n) is 8.72. The van der Waals surface area contributed by atoms with E-state index in [1.165, 1.54) is 0 Å². The average molecular weight is 692 g/mol. The van der Waals surface area contributed by atoms with Crippen molar-refractivity contribution in [2.45, 2.75) is 40.0 Å². The van der Waals surface area contributed by atoms with Crippen molar-refractivity contribution in [3.8, 4) is 45.4 Å². The fourth-order valence-corrected chi connectivity index (χ4v) is 6.56. The van der Waals surface area contributed by atoms with Crippen molar-refractivity contribution in [2.24, 2.45) is 0 Å². The smallest absolute Gasteiger partial charge is 0.308 e. The lowest BCUT2D eigenvalue weighted by Gasteiger charge is -2.14. The summed E-state index contributed by atoms with van der Waals surface area (Å²) in [6, 6.07) is 25.7. The second-order valence-electron chi connectivity index (χ2n) is 12.6. The zero-order valence-corrected chi connectivity index (χ0v) is 27.7. The van der Waals surface area contributed by atoms with Crippen molar-refractivity contribution in [2.75, 3.05) is 0 Å². The van der Waals surface area contributed by atoms with Crippen molar-refractivity contribution in [3.63, 3.8) is 0 Å². The molecule has 0 unspecified atom stereocenters. The first kappa shape index (κ1) is 33.5. The highest BCUT2D eigenvalue weighted by Gasteiger charge is 2.32. The molecule has 0 spiro atoms. The summed E-state index contributed by atoms with van der Waals surface area (Å²) in [6.45, 7) is 6.68. The summed E-state index contributed by atoms with van der Waals surface area (Å²) in [5.41, 5.74) is 3.48. The van der Waals surface area contributed by atoms with E-state index in [2.05, 4.69) is 21.0 Å². The van der Waals surface area contributed by atoms with Crippen molar-refractivity contribution < 1.29 is 26.3 Å². The van der Waals surface area contributed by atoms with Crippen LogP contribution in [0.2, 0.25) is 0 Å². The number of hydrogen-bond donors (Lipinski definition) is 0.